The van der Waals surface area contributed by atoms with Crippen LogP contribution in [0, 0.1) is 0 Å². The number of para-hydroxylation sites is 1. The molecule has 178 valence electrons. The number of H-pyrrole nitrogens is 1. The maximum Gasteiger partial charge on any atom is 0.231 e. The summed E-state index contributed by atoms with van der Waals surface area (Å²) < 4.78 is 18.0. The van der Waals surface area contributed by atoms with E-state index in [1.807, 2.05) is 42.6 Å². The van der Waals surface area contributed by atoms with Crippen molar-refractivity contribution in [2.45, 2.75) is 6.42 Å². The molecule has 2 N–H and O–H groups in total. The van der Waals surface area contributed by atoms with Gasteiger partial charge in [-0.25, -0.2) is 0 Å². The molecular weight excluding hydrogens is 448 g/mol. The van der Waals surface area contributed by atoms with Crippen LogP contribution in [0.3, 0.4) is 0 Å². The lowest BCUT2D eigenvalue weighted by Crippen LogP contribution is -2.29. The fraction of sp³-hybridized carbons (Fsp3) is 0.200. The van der Waals surface area contributed by atoms with Crippen molar-refractivity contribution in [1.29, 1.82) is 0 Å². The molecule has 0 aliphatic heterocycles. The van der Waals surface area contributed by atoms with E-state index in [0.717, 1.165) is 22.0 Å². The number of nitrogens with zero attached hydrogens (tertiary/aromatic N) is 4. The molecule has 1 amide bonds. The molecule has 35 heavy (non-hydrogen) atoms. The predicted molar refractivity (Wildman–Crippen MR) is 130 cm³/mol. The van der Waals surface area contributed by atoms with Gasteiger partial charge >= 0.3 is 0 Å². The molecule has 5 rings (SSSR count). The Morgan fingerprint density at radius 2 is 1.89 bits per heavy atom. The van der Waals surface area contributed by atoms with Crippen molar-refractivity contribution in [1.82, 2.24) is 30.1 Å². The van der Waals surface area contributed by atoms with Crippen molar-refractivity contribution < 1.29 is 19.0 Å². The Hall–Kier alpha value is -4.60. The van der Waals surface area contributed by atoms with Crippen molar-refractivity contribution >= 4 is 22.5 Å². The van der Waals surface area contributed by atoms with Crippen molar-refractivity contribution in [3.8, 4) is 28.8 Å². The zero-order valence-corrected chi connectivity index (χ0v) is 19.3. The van der Waals surface area contributed by atoms with Crippen molar-refractivity contribution in [2.75, 3.05) is 27.4 Å². The van der Waals surface area contributed by atoms with Crippen LogP contribution in [0.1, 0.15) is 5.56 Å². The molecule has 0 unspecified atom stereocenters. The molecule has 3 heterocycles. The first-order chi connectivity index (χ1) is 17.2. The fourth-order valence-electron chi connectivity index (χ4n) is 3.86. The molecule has 10 heteroatoms. The first-order valence-electron chi connectivity index (χ1n) is 11.1. The van der Waals surface area contributed by atoms with E-state index in [2.05, 4.69) is 25.6 Å². The number of aromatic amines is 1. The number of hydrogen-bond donors (Lipinski definition) is 2. The van der Waals surface area contributed by atoms with Gasteiger partial charge < -0.3 is 24.5 Å². The third-order valence-corrected chi connectivity index (χ3v) is 5.58. The Balaban J connectivity index is 1.21. The lowest BCUT2D eigenvalue weighted by atomic mass is 10.1. The van der Waals surface area contributed by atoms with Gasteiger partial charge in [0.05, 0.1) is 27.2 Å². The van der Waals surface area contributed by atoms with Gasteiger partial charge in [0.25, 0.3) is 0 Å². The van der Waals surface area contributed by atoms with Crippen molar-refractivity contribution in [3.05, 3.63) is 66.4 Å². The van der Waals surface area contributed by atoms with Gasteiger partial charge in [-0.05, 0) is 35.9 Å². The zero-order chi connectivity index (χ0) is 24.2. The third kappa shape index (κ3) is 4.58. The molecule has 0 aliphatic carbocycles. The van der Waals surface area contributed by atoms with Crippen LogP contribution in [-0.4, -0.2) is 58.1 Å². The van der Waals surface area contributed by atoms with Crippen LogP contribution in [0.2, 0.25) is 0 Å². The Bertz CT molecular complexity index is 1490. The van der Waals surface area contributed by atoms with Crippen LogP contribution >= 0.6 is 0 Å². The Kier molecular flexibility index (Phi) is 6.16. The summed E-state index contributed by atoms with van der Waals surface area (Å²) in [5.41, 5.74) is 3.32. The normalized spacial score (nSPS) is 11.0. The largest absolute Gasteiger partial charge is 0.493 e. The predicted octanol–water partition coefficient (Wildman–Crippen LogP) is 3.03. The number of amides is 1. The lowest BCUT2D eigenvalue weighted by molar-refractivity contribution is -0.120. The van der Waals surface area contributed by atoms with Gasteiger partial charge in [0.15, 0.2) is 23.0 Å². The number of benzene rings is 2. The van der Waals surface area contributed by atoms with Gasteiger partial charge in [0.2, 0.25) is 11.8 Å². The SMILES string of the molecule is COc1ccc(-c2nnc3ccc(OCCNC(=O)Cc4c[nH]c5ccccc45)nn23)cc1OC. The average molecular weight is 473 g/mol. The maximum atomic E-state index is 12.4. The molecule has 0 atom stereocenters. The molecular formula is C25H24N6O4. The van der Waals surface area contributed by atoms with Crippen LogP contribution in [0.15, 0.2) is 60.8 Å². The number of carbonyl (C=O) groups excluding carboxylic acids is 1. The molecule has 2 aromatic carbocycles. The average Bonchev–Trinajstić information content (AvgIpc) is 3.50. The van der Waals surface area contributed by atoms with E-state index in [1.165, 1.54) is 0 Å². The topological polar surface area (TPSA) is 116 Å². The number of fused-ring (bicyclic) bond motifs is 2. The molecule has 0 spiro atoms. The second-order valence-corrected chi connectivity index (χ2v) is 7.77. The van der Waals surface area contributed by atoms with Gasteiger partial charge in [0.1, 0.15) is 6.61 Å². The van der Waals surface area contributed by atoms with Crippen LogP contribution in [0.4, 0.5) is 0 Å². The molecule has 0 bridgehead atoms. The highest BCUT2D eigenvalue weighted by Crippen LogP contribution is 2.31. The first-order valence-corrected chi connectivity index (χ1v) is 11.1. The standard InChI is InChI=1S/C25H24N6O4/c1-33-20-8-7-16(13-21(20)34-2)25-29-28-22-9-10-24(30-31(22)25)35-12-11-26-23(32)14-17-15-27-19-6-4-3-5-18(17)19/h3-10,13,15,27H,11-12,14H2,1-2H3,(H,26,32). The molecule has 0 radical (unpaired) electrons. The van der Waals surface area contributed by atoms with E-state index in [1.54, 1.807) is 36.9 Å². The maximum absolute atomic E-state index is 12.4. The van der Waals surface area contributed by atoms with Gasteiger partial charge in [-0.1, -0.05) is 18.2 Å². The summed E-state index contributed by atoms with van der Waals surface area (Å²) in [6.07, 6.45) is 2.17. The van der Waals surface area contributed by atoms with Crippen LogP contribution in [0.25, 0.3) is 27.9 Å². The summed E-state index contributed by atoms with van der Waals surface area (Å²) in [6, 6.07) is 16.9. The highest BCUT2D eigenvalue weighted by atomic mass is 16.5. The van der Waals surface area contributed by atoms with Crippen LogP contribution in [0.5, 0.6) is 17.4 Å². The van der Waals surface area contributed by atoms with E-state index in [0.29, 0.717) is 41.8 Å². The lowest BCUT2D eigenvalue weighted by Gasteiger charge is -2.09. The van der Waals surface area contributed by atoms with Gasteiger partial charge in [-0.15, -0.1) is 15.3 Å². The number of rotatable bonds is 9. The van der Waals surface area contributed by atoms with E-state index >= 15 is 0 Å². The Labute approximate surface area is 200 Å². The summed E-state index contributed by atoms with van der Waals surface area (Å²) in [7, 11) is 3.16. The third-order valence-electron chi connectivity index (χ3n) is 5.58. The number of methoxy groups -OCH3 is 2. The van der Waals surface area contributed by atoms with E-state index in [4.69, 9.17) is 14.2 Å². The van der Waals surface area contributed by atoms with Crippen molar-refractivity contribution in [2.24, 2.45) is 0 Å². The van der Waals surface area contributed by atoms with Gasteiger partial charge in [-0.2, -0.15) is 4.52 Å². The highest BCUT2D eigenvalue weighted by molar-refractivity contribution is 5.88. The minimum absolute atomic E-state index is 0.0729. The number of ether oxygens (including phenoxy) is 3. The Morgan fingerprint density at radius 3 is 2.74 bits per heavy atom. The fourth-order valence-corrected chi connectivity index (χ4v) is 3.86. The minimum atomic E-state index is -0.0729. The quantitative estimate of drug-likeness (QED) is 0.317. The molecule has 5 aromatic rings. The van der Waals surface area contributed by atoms with E-state index in [9.17, 15) is 4.79 Å². The monoisotopic (exact) mass is 472 g/mol. The number of hydrogen-bond acceptors (Lipinski definition) is 7. The number of carbonyl (C=O) groups is 1. The van der Waals surface area contributed by atoms with Crippen LogP contribution < -0.4 is 19.5 Å². The summed E-state index contributed by atoms with van der Waals surface area (Å²) in [4.78, 5) is 15.6. The zero-order valence-electron chi connectivity index (χ0n) is 19.3. The summed E-state index contributed by atoms with van der Waals surface area (Å²) in [5, 5.41) is 16.9. The molecule has 3 aromatic heterocycles. The van der Waals surface area contributed by atoms with Gasteiger partial charge in [-0.3, -0.25) is 4.79 Å². The number of nitrogens with one attached hydrogen (secondary N) is 2. The first kappa shape index (κ1) is 22.2. The van der Waals surface area contributed by atoms with Crippen molar-refractivity contribution in [3.63, 3.8) is 0 Å². The molecule has 10 nitrogen and oxygen atoms in total. The number of aromatic nitrogens is 5. The second kappa shape index (κ2) is 9.72. The molecule has 0 saturated carbocycles. The molecule has 0 saturated heterocycles. The Morgan fingerprint density at radius 1 is 1.03 bits per heavy atom. The van der Waals surface area contributed by atoms with Crippen LogP contribution in [-0.2, 0) is 11.2 Å². The minimum Gasteiger partial charge on any atom is -0.493 e. The van der Waals surface area contributed by atoms with Gasteiger partial charge in [0, 0.05) is 28.7 Å². The molecule has 0 fully saturated rings. The summed E-state index contributed by atoms with van der Waals surface area (Å²) >= 11 is 0. The smallest absolute Gasteiger partial charge is 0.231 e. The molecule has 0 aliphatic rings. The summed E-state index contributed by atoms with van der Waals surface area (Å²) in [5.74, 6) is 2.06. The van der Waals surface area contributed by atoms with E-state index < -0.39 is 0 Å². The van der Waals surface area contributed by atoms with E-state index in [-0.39, 0.29) is 12.5 Å². The second-order valence-electron chi connectivity index (χ2n) is 7.77. The highest BCUT2D eigenvalue weighted by Gasteiger charge is 2.14. The summed E-state index contributed by atoms with van der Waals surface area (Å²) in [6.45, 7) is 0.623.